The number of hydrogen-bond donors (Lipinski definition) is 0. The number of nitriles is 1. The largest absolute Gasteiger partial charge is 0.468 e. The summed E-state index contributed by atoms with van der Waals surface area (Å²) in [7, 11) is 2.01. The van der Waals surface area contributed by atoms with Crippen molar-refractivity contribution in [3.63, 3.8) is 0 Å². The van der Waals surface area contributed by atoms with Gasteiger partial charge in [0.1, 0.15) is 29.0 Å². The molecule has 1 unspecified atom stereocenters. The molecule has 4 rings (SSSR count). The zero-order valence-corrected chi connectivity index (χ0v) is 20.2. The number of rotatable bonds is 5. The number of benzene rings is 2. The third kappa shape index (κ3) is 6.03. The molecule has 0 spiro atoms. The monoisotopic (exact) mass is 473 g/mol. The van der Waals surface area contributed by atoms with Crippen LogP contribution in [0.1, 0.15) is 48.7 Å². The summed E-state index contributed by atoms with van der Waals surface area (Å²) in [6, 6.07) is 14.4. The lowest BCUT2D eigenvalue weighted by atomic mass is 10.1. The Balaban J connectivity index is 1.48. The number of ether oxygens (including phenoxy) is 3. The average molecular weight is 474 g/mol. The standard InChI is InChI=1S/C26H27N5O4/c1-26(2,3)35-24(32)21-15-20(9-8-18(21)16-27)33-22-10-11-29-25(30-22)34-19-7-5-6-17(14-19)23-28-12-13-31(23)4/h5-9,11,14-15,22H,10,12-13H2,1-4H3. The third-order valence-corrected chi connectivity index (χ3v) is 5.13. The molecule has 0 fully saturated rings. The first-order valence-corrected chi connectivity index (χ1v) is 11.3. The SMILES string of the molecule is CN1CCN=C1c1cccc(OC2=NC(Oc3ccc(C#N)c(C(=O)OC(C)(C)C)c3)CC=N2)c1. The molecule has 180 valence electrons. The molecule has 2 aromatic rings. The molecule has 9 nitrogen and oxygen atoms in total. The van der Waals surface area contributed by atoms with E-state index in [1.54, 1.807) is 33.1 Å². The van der Waals surface area contributed by atoms with Crippen LogP contribution in [0.4, 0.5) is 0 Å². The first-order chi connectivity index (χ1) is 16.7. The summed E-state index contributed by atoms with van der Waals surface area (Å²) in [5.74, 6) is 1.31. The molecule has 2 aliphatic heterocycles. The molecule has 2 aliphatic rings. The second-order valence-electron chi connectivity index (χ2n) is 9.11. The van der Waals surface area contributed by atoms with Crippen LogP contribution >= 0.6 is 0 Å². The number of carbonyl (C=O) groups is 1. The van der Waals surface area contributed by atoms with E-state index in [-0.39, 0.29) is 17.1 Å². The van der Waals surface area contributed by atoms with E-state index in [4.69, 9.17) is 14.2 Å². The van der Waals surface area contributed by atoms with Gasteiger partial charge in [0.2, 0.25) is 0 Å². The molecular formula is C26H27N5O4. The number of carbonyl (C=O) groups excluding carboxylic acids is 1. The van der Waals surface area contributed by atoms with E-state index in [1.807, 2.05) is 37.4 Å². The highest BCUT2D eigenvalue weighted by Gasteiger charge is 2.23. The van der Waals surface area contributed by atoms with Crippen LogP contribution in [0.25, 0.3) is 0 Å². The second-order valence-corrected chi connectivity index (χ2v) is 9.11. The summed E-state index contributed by atoms with van der Waals surface area (Å²) in [5, 5.41) is 9.39. The molecule has 0 radical (unpaired) electrons. The van der Waals surface area contributed by atoms with Crippen molar-refractivity contribution in [2.24, 2.45) is 15.0 Å². The van der Waals surface area contributed by atoms with Gasteiger partial charge in [-0.05, 0) is 51.1 Å². The minimum absolute atomic E-state index is 0.140. The number of likely N-dealkylation sites (N-methyl/N-ethyl adjacent to an activating group) is 1. The summed E-state index contributed by atoms with van der Waals surface area (Å²) in [5.41, 5.74) is 0.625. The van der Waals surface area contributed by atoms with Crippen molar-refractivity contribution in [3.05, 3.63) is 59.2 Å². The number of amidine groups is 2. The fourth-order valence-electron chi connectivity index (χ4n) is 3.56. The Morgan fingerprint density at radius 3 is 2.71 bits per heavy atom. The van der Waals surface area contributed by atoms with Crippen molar-refractivity contribution >= 4 is 24.0 Å². The topological polar surface area (TPSA) is 109 Å². The van der Waals surface area contributed by atoms with Crippen LogP contribution in [0, 0.1) is 11.3 Å². The van der Waals surface area contributed by atoms with E-state index in [2.05, 4.69) is 19.9 Å². The minimum Gasteiger partial charge on any atom is -0.468 e. The molecule has 0 aromatic heterocycles. The molecule has 2 heterocycles. The average Bonchev–Trinajstić information content (AvgIpc) is 3.24. The molecule has 0 bridgehead atoms. The Kier molecular flexibility index (Phi) is 6.82. The van der Waals surface area contributed by atoms with E-state index in [0.717, 1.165) is 24.5 Å². The van der Waals surface area contributed by atoms with Crippen molar-refractivity contribution in [1.82, 2.24) is 4.90 Å². The zero-order chi connectivity index (χ0) is 25.0. The Morgan fingerprint density at radius 2 is 2.00 bits per heavy atom. The lowest BCUT2D eigenvalue weighted by molar-refractivity contribution is 0.00685. The summed E-state index contributed by atoms with van der Waals surface area (Å²) in [6.45, 7) is 6.97. The van der Waals surface area contributed by atoms with E-state index >= 15 is 0 Å². The van der Waals surface area contributed by atoms with Crippen LogP contribution < -0.4 is 9.47 Å². The van der Waals surface area contributed by atoms with Crippen LogP contribution in [-0.2, 0) is 4.74 Å². The summed E-state index contributed by atoms with van der Waals surface area (Å²) in [6.07, 6.45) is 1.50. The van der Waals surface area contributed by atoms with Crippen LogP contribution in [-0.4, -0.2) is 60.9 Å². The summed E-state index contributed by atoms with van der Waals surface area (Å²) in [4.78, 5) is 27.9. The number of nitrogens with zero attached hydrogens (tertiary/aromatic N) is 5. The fraction of sp³-hybridized carbons (Fsp3) is 0.346. The van der Waals surface area contributed by atoms with Gasteiger partial charge in [0.15, 0.2) is 6.23 Å². The minimum atomic E-state index is -0.686. The van der Waals surface area contributed by atoms with Gasteiger partial charge in [0, 0.05) is 31.8 Å². The van der Waals surface area contributed by atoms with Crippen molar-refractivity contribution in [3.8, 4) is 17.6 Å². The third-order valence-electron chi connectivity index (χ3n) is 5.13. The lowest BCUT2D eigenvalue weighted by Gasteiger charge is -2.21. The van der Waals surface area contributed by atoms with Gasteiger partial charge in [-0.3, -0.25) is 4.99 Å². The van der Waals surface area contributed by atoms with E-state index in [0.29, 0.717) is 17.9 Å². The van der Waals surface area contributed by atoms with E-state index < -0.39 is 17.8 Å². The maximum Gasteiger partial charge on any atom is 0.340 e. The molecule has 0 saturated heterocycles. The maximum atomic E-state index is 12.6. The Morgan fingerprint density at radius 1 is 1.17 bits per heavy atom. The Bertz CT molecular complexity index is 1250. The van der Waals surface area contributed by atoms with Crippen molar-refractivity contribution < 1.29 is 19.0 Å². The van der Waals surface area contributed by atoms with E-state index in [1.165, 1.54) is 12.1 Å². The number of esters is 1. The molecular weight excluding hydrogens is 446 g/mol. The van der Waals surface area contributed by atoms with Gasteiger partial charge in [-0.15, -0.1) is 0 Å². The molecule has 2 aromatic carbocycles. The van der Waals surface area contributed by atoms with Gasteiger partial charge in [0.05, 0.1) is 17.7 Å². The van der Waals surface area contributed by atoms with Crippen LogP contribution in [0.2, 0.25) is 0 Å². The Hall–Kier alpha value is -4.19. The quantitative estimate of drug-likeness (QED) is 0.611. The van der Waals surface area contributed by atoms with Gasteiger partial charge >= 0.3 is 12.0 Å². The van der Waals surface area contributed by atoms with Gasteiger partial charge in [-0.1, -0.05) is 12.1 Å². The van der Waals surface area contributed by atoms with Crippen molar-refractivity contribution in [1.29, 1.82) is 5.26 Å². The number of hydrogen-bond acceptors (Lipinski definition) is 9. The first-order valence-electron chi connectivity index (χ1n) is 11.3. The molecule has 1 atom stereocenters. The molecule has 0 saturated carbocycles. The van der Waals surface area contributed by atoms with E-state index in [9.17, 15) is 10.1 Å². The van der Waals surface area contributed by atoms with Gasteiger partial charge in [-0.2, -0.15) is 10.3 Å². The van der Waals surface area contributed by atoms with Crippen molar-refractivity contribution in [2.45, 2.75) is 39.0 Å². The highest BCUT2D eigenvalue weighted by molar-refractivity contribution is 6.00. The summed E-state index contributed by atoms with van der Waals surface area (Å²) < 4.78 is 17.3. The van der Waals surface area contributed by atoms with Gasteiger partial charge in [-0.25, -0.2) is 9.79 Å². The van der Waals surface area contributed by atoms with Gasteiger partial charge < -0.3 is 19.1 Å². The van der Waals surface area contributed by atoms with Gasteiger partial charge in [0.25, 0.3) is 0 Å². The predicted octanol–water partition coefficient (Wildman–Crippen LogP) is 3.82. The highest BCUT2D eigenvalue weighted by Crippen LogP contribution is 2.24. The highest BCUT2D eigenvalue weighted by atomic mass is 16.6. The fourth-order valence-corrected chi connectivity index (χ4v) is 3.56. The van der Waals surface area contributed by atoms with Crippen LogP contribution in [0.3, 0.4) is 0 Å². The lowest BCUT2D eigenvalue weighted by Crippen LogP contribution is -2.25. The van der Waals surface area contributed by atoms with Crippen LogP contribution in [0.15, 0.2) is 57.4 Å². The summed E-state index contributed by atoms with van der Waals surface area (Å²) >= 11 is 0. The second kappa shape index (κ2) is 9.97. The number of aliphatic imine (C=N–C) groups is 3. The molecule has 0 amide bonds. The van der Waals surface area contributed by atoms with Crippen LogP contribution in [0.5, 0.6) is 11.5 Å². The smallest absolute Gasteiger partial charge is 0.340 e. The molecule has 0 N–H and O–H groups in total. The molecule has 35 heavy (non-hydrogen) atoms. The normalized spacial score (nSPS) is 17.3. The first kappa shape index (κ1) is 24.0. The molecule has 9 heteroatoms. The Labute approximate surface area is 204 Å². The molecule has 0 aliphatic carbocycles. The maximum absolute atomic E-state index is 12.6. The van der Waals surface area contributed by atoms with Crippen molar-refractivity contribution in [2.75, 3.05) is 20.1 Å². The zero-order valence-electron chi connectivity index (χ0n) is 20.2. The predicted molar refractivity (Wildman–Crippen MR) is 132 cm³/mol.